The Hall–Kier alpha value is -2.80. The molecule has 0 radical (unpaired) electrons. The quantitative estimate of drug-likeness (QED) is 0.230. The molecule has 0 bridgehead atoms. The van der Waals surface area contributed by atoms with Gasteiger partial charge in [0, 0.05) is 55.4 Å². The van der Waals surface area contributed by atoms with E-state index in [1.54, 1.807) is 29.4 Å². The largest absolute Gasteiger partial charge is 0.617 e. The van der Waals surface area contributed by atoms with Gasteiger partial charge in [-0.3, -0.25) is 14.8 Å². The van der Waals surface area contributed by atoms with Crippen molar-refractivity contribution < 1.29 is 22.5 Å². The molecule has 2 aliphatic rings. The molecule has 2 amide bonds. The van der Waals surface area contributed by atoms with Gasteiger partial charge in [0.05, 0.1) is 23.3 Å². The second kappa shape index (κ2) is 14.6. The van der Waals surface area contributed by atoms with Gasteiger partial charge in [-0.15, -0.1) is 0 Å². The topological polar surface area (TPSA) is 106 Å². The van der Waals surface area contributed by atoms with Crippen LogP contribution in [0.25, 0.3) is 0 Å². The fourth-order valence-electron chi connectivity index (χ4n) is 6.56. The predicted octanol–water partition coefficient (Wildman–Crippen LogP) is 6.19. The van der Waals surface area contributed by atoms with Gasteiger partial charge in [-0.1, -0.05) is 58.6 Å². The summed E-state index contributed by atoms with van der Waals surface area (Å²) in [6.45, 7) is 9.28. The average Bonchev–Trinajstić information content (AvgIpc) is 3.29. The minimum atomic E-state index is -3.54. The number of piperazine rings is 1. The summed E-state index contributed by atoms with van der Waals surface area (Å²) in [6, 6.07) is 19.4. The van der Waals surface area contributed by atoms with E-state index in [0.29, 0.717) is 59.1 Å². The van der Waals surface area contributed by atoms with E-state index in [-0.39, 0.29) is 17.5 Å². The Morgan fingerprint density at radius 2 is 1.54 bits per heavy atom. The molecule has 0 N–H and O–H groups in total. The zero-order valence-electron chi connectivity index (χ0n) is 27.9. The van der Waals surface area contributed by atoms with E-state index in [1.807, 2.05) is 62.1 Å². The lowest BCUT2D eigenvalue weighted by atomic mass is 9.71. The predicted molar refractivity (Wildman–Crippen MR) is 194 cm³/mol. The van der Waals surface area contributed by atoms with Gasteiger partial charge in [-0.2, -0.15) is 0 Å². The number of urea groups is 1. The van der Waals surface area contributed by atoms with Crippen LogP contribution in [-0.2, 0) is 32.1 Å². The lowest BCUT2D eigenvalue weighted by Gasteiger charge is -2.47. The first-order chi connectivity index (χ1) is 22.7. The van der Waals surface area contributed by atoms with Crippen LogP contribution in [-0.4, -0.2) is 97.1 Å². The van der Waals surface area contributed by atoms with E-state index >= 15 is 4.79 Å². The monoisotopic (exact) mass is 732 g/mol. The fraction of sp³-hybridized carbons (Fsp3) is 0.429. The van der Waals surface area contributed by atoms with Crippen LogP contribution in [0.5, 0.6) is 5.75 Å². The van der Waals surface area contributed by atoms with Crippen LogP contribution in [0.4, 0.5) is 4.79 Å². The summed E-state index contributed by atoms with van der Waals surface area (Å²) in [6.07, 6.45) is 3.70. The van der Waals surface area contributed by atoms with Crippen molar-refractivity contribution in [3.05, 3.63) is 93.5 Å². The lowest BCUT2D eigenvalue weighted by Crippen LogP contribution is -2.60. The third kappa shape index (κ3) is 7.22. The summed E-state index contributed by atoms with van der Waals surface area (Å²) in [7, 11) is -3.54. The van der Waals surface area contributed by atoms with Crippen molar-refractivity contribution in [3.63, 3.8) is 0 Å². The van der Waals surface area contributed by atoms with Crippen molar-refractivity contribution in [2.24, 2.45) is 4.99 Å². The minimum Gasteiger partial charge on any atom is -0.617 e. The molecule has 0 spiro atoms. The highest BCUT2D eigenvalue weighted by Gasteiger charge is 2.60. The molecule has 0 aliphatic carbocycles. The highest BCUT2D eigenvalue weighted by Crippen LogP contribution is 2.54. The average molecular weight is 734 g/mol. The standard InChI is InChI=1S/C35H42Cl2N4O5S2/c1-6-46-31-24-29(48(5,44)45)16-17-30(31)32-38-34(2,25-8-12-27(36)13-9-25)35(3,26-10-14-28(37)15-11-26)41(32)33(42)40-21-19-39(20-22-40)18-7-23-47(4)43/h8-17,24H,6-7,18-23H2,1-5H3/t34-,35+,47?/m0/s1. The van der Waals surface area contributed by atoms with Crippen LogP contribution >= 0.6 is 23.2 Å². The Balaban J connectivity index is 1.67. The number of nitrogens with zero attached hydrogens (tertiary/aromatic N) is 4. The SMILES string of the molecule is CCOc1cc(S(C)(=O)=O)ccc1C1=N[C@@](C)(c2ccc(Cl)cc2)[C@@](C)(c2ccc(Cl)cc2)N1C(=O)N1CCN(CCC[S+](C)[O-])CC1. The van der Waals surface area contributed by atoms with Crippen molar-refractivity contribution in [2.45, 2.75) is 43.2 Å². The first-order valence-electron chi connectivity index (χ1n) is 15.9. The van der Waals surface area contributed by atoms with Crippen LogP contribution in [0, 0.1) is 0 Å². The van der Waals surface area contributed by atoms with Crippen molar-refractivity contribution in [1.29, 1.82) is 0 Å². The molecule has 2 aliphatic heterocycles. The minimum absolute atomic E-state index is 0.107. The van der Waals surface area contributed by atoms with Gasteiger partial charge in [0.2, 0.25) is 0 Å². The fourth-order valence-corrected chi connectivity index (χ4v) is 7.98. The summed E-state index contributed by atoms with van der Waals surface area (Å²) in [5.41, 5.74) is 0.0302. The number of hydrogen-bond donors (Lipinski definition) is 0. The Labute approximate surface area is 297 Å². The summed E-state index contributed by atoms with van der Waals surface area (Å²) in [5, 5.41) is 1.13. The van der Waals surface area contributed by atoms with E-state index < -0.39 is 32.1 Å². The van der Waals surface area contributed by atoms with Gasteiger partial charge in [0.1, 0.15) is 28.4 Å². The summed E-state index contributed by atoms with van der Waals surface area (Å²) in [4.78, 5) is 26.4. The summed E-state index contributed by atoms with van der Waals surface area (Å²) < 4.78 is 42.8. The molecule has 258 valence electrons. The molecule has 48 heavy (non-hydrogen) atoms. The van der Waals surface area contributed by atoms with Crippen molar-refractivity contribution >= 4 is 56.1 Å². The molecule has 0 saturated carbocycles. The van der Waals surface area contributed by atoms with E-state index in [9.17, 15) is 13.0 Å². The maximum atomic E-state index is 15.0. The molecule has 1 unspecified atom stereocenters. The number of carbonyl (C=O) groups is 1. The van der Waals surface area contributed by atoms with E-state index in [4.69, 9.17) is 32.9 Å². The van der Waals surface area contributed by atoms with Crippen LogP contribution < -0.4 is 4.74 Å². The molecule has 5 rings (SSSR count). The number of rotatable bonds is 10. The molecule has 1 saturated heterocycles. The van der Waals surface area contributed by atoms with Gasteiger partial charge in [0.15, 0.2) is 9.84 Å². The van der Waals surface area contributed by atoms with Crippen LogP contribution in [0.1, 0.15) is 43.9 Å². The van der Waals surface area contributed by atoms with Gasteiger partial charge in [-0.25, -0.2) is 13.2 Å². The van der Waals surface area contributed by atoms with Gasteiger partial charge in [0.25, 0.3) is 0 Å². The number of halogens is 2. The summed E-state index contributed by atoms with van der Waals surface area (Å²) in [5.74, 6) is 1.33. The molecule has 3 aromatic carbocycles. The zero-order valence-corrected chi connectivity index (χ0v) is 31.1. The zero-order chi connectivity index (χ0) is 34.9. The van der Waals surface area contributed by atoms with Crippen LogP contribution in [0.3, 0.4) is 0 Å². The molecule has 0 aromatic heterocycles. The van der Waals surface area contributed by atoms with Crippen molar-refractivity contribution in [3.8, 4) is 5.75 Å². The number of amides is 2. The third-order valence-electron chi connectivity index (χ3n) is 9.41. The number of benzene rings is 3. The maximum absolute atomic E-state index is 15.0. The number of sulfone groups is 1. The molecule has 3 atom stereocenters. The van der Waals surface area contributed by atoms with E-state index in [1.165, 1.54) is 12.1 Å². The second-order valence-electron chi connectivity index (χ2n) is 12.5. The maximum Gasteiger partial charge on any atom is 0.326 e. The molecular formula is C35H42Cl2N4O5S2. The molecule has 2 heterocycles. The summed E-state index contributed by atoms with van der Waals surface area (Å²) >= 11 is 11.9. The van der Waals surface area contributed by atoms with E-state index in [2.05, 4.69) is 4.90 Å². The Morgan fingerprint density at radius 1 is 0.958 bits per heavy atom. The third-order valence-corrected chi connectivity index (χ3v) is 11.9. The van der Waals surface area contributed by atoms with Crippen molar-refractivity contribution in [1.82, 2.24) is 14.7 Å². The smallest absolute Gasteiger partial charge is 0.326 e. The molecular weight excluding hydrogens is 691 g/mol. The Bertz CT molecular complexity index is 1760. The number of amidine groups is 1. The van der Waals surface area contributed by atoms with Crippen molar-refractivity contribution in [2.75, 3.05) is 57.6 Å². The first-order valence-corrected chi connectivity index (χ1v) is 20.3. The van der Waals surface area contributed by atoms with Crippen LogP contribution in [0.15, 0.2) is 76.6 Å². The Kier molecular flexibility index (Phi) is 11.1. The highest BCUT2D eigenvalue weighted by molar-refractivity contribution is 7.90. The number of aliphatic imine (C=N–C) groups is 1. The lowest BCUT2D eigenvalue weighted by molar-refractivity contribution is 0.0868. The second-order valence-corrected chi connectivity index (χ2v) is 17.0. The van der Waals surface area contributed by atoms with Crippen LogP contribution in [0.2, 0.25) is 10.0 Å². The molecule has 1 fully saturated rings. The number of carbonyl (C=O) groups excluding carboxylic acids is 1. The number of hydrogen-bond acceptors (Lipinski definition) is 7. The number of ether oxygens (including phenoxy) is 1. The molecule has 9 nitrogen and oxygen atoms in total. The Morgan fingerprint density at radius 3 is 2.08 bits per heavy atom. The first kappa shape index (κ1) is 36.5. The van der Waals surface area contributed by atoms with E-state index in [0.717, 1.165) is 30.3 Å². The van der Waals surface area contributed by atoms with Gasteiger partial charge in [-0.05, 0) is 74.4 Å². The van der Waals surface area contributed by atoms with Gasteiger partial charge < -0.3 is 14.2 Å². The molecule has 3 aromatic rings. The van der Waals surface area contributed by atoms with Gasteiger partial charge >= 0.3 is 6.03 Å². The highest BCUT2D eigenvalue weighted by atomic mass is 35.5. The normalized spacial score (nSPS) is 22.5. The molecule has 13 heteroatoms.